The number of hydrogen-bond acceptors (Lipinski definition) is 4. The van der Waals surface area contributed by atoms with E-state index >= 15 is 0 Å². The maximum absolute atomic E-state index is 12.2. The molecule has 1 heterocycles. The van der Waals surface area contributed by atoms with Crippen LogP contribution in [0.15, 0.2) is 36.7 Å². The molecule has 0 aliphatic carbocycles. The summed E-state index contributed by atoms with van der Waals surface area (Å²) < 4.78 is 45.6. The summed E-state index contributed by atoms with van der Waals surface area (Å²) in [5, 5.41) is 0.110. The number of halogens is 4. The lowest BCUT2D eigenvalue weighted by Gasteiger charge is -2.13. The highest BCUT2D eigenvalue weighted by molar-refractivity contribution is 6.29. The van der Waals surface area contributed by atoms with E-state index in [4.69, 9.17) is 16.3 Å². The molecule has 0 unspecified atom stereocenters. The summed E-state index contributed by atoms with van der Waals surface area (Å²) in [6.45, 7) is 0. The minimum atomic E-state index is -4.80. The molecule has 100 valence electrons. The van der Waals surface area contributed by atoms with Crippen LogP contribution >= 0.6 is 11.6 Å². The van der Waals surface area contributed by atoms with Crippen LogP contribution in [-0.4, -0.2) is 16.3 Å². The third-order valence-corrected chi connectivity index (χ3v) is 2.10. The van der Waals surface area contributed by atoms with Crippen LogP contribution in [-0.2, 0) is 0 Å². The van der Waals surface area contributed by atoms with E-state index in [1.165, 1.54) is 24.3 Å². The van der Waals surface area contributed by atoms with Gasteiger partial charge < -0.3 is 9.47 Å². The fourth-order valence-electron chi connectivity index (χ4n) is 1.23. The third-order valence-electron chi connectivity index (χ3n) is 1.90. The number of nitrogens with zero attached hydrogens (tertiary/aromatic N) is 2. The van der Waals surface area contributed by atoms with Gasteiger partial charge in [0.05, 0.1) is 0 Å². The highest BCUT2D eigenvalue weighted by atomic mass is 35.5. The maximum atomic E-state index is 12.2. The molecule has 0 saturated carbocycles. The van der Waals surface area contributed by atoms with Gasteiger partial charge in [0, 0.05) is 6.07 Å². The van der Waals surface area contributed by atoms with Gasteiger partial charge in [-0.05, 0) is 12.1 Å². The highest BCUT2D eigenvalue weighted by Gasteiger charge is 2.32. The van der Waals surface area contributed by atoms with E-state index < -0.39 is 12.1 Å². The minimum Gasteiger partial charge on any atom is -0.435 e. The van der Waals surface area contributed by atoms with Crippen LogP contribution in [0.3, 0.4) is 0 Å². The summed E-state index contributed by atoms with van der Waals surface area (Å²) in [6, 6.07) is 6.61. The lowest BCUT2D eigenvalue weighted by Crippen LogP contribution is -2.17. The molecule has 0 saturated heterocycles. The Morgan fingerprint density at radius 2 is 1.74 bits per heavy atom. The normalized spacial score (nSPS) is 11.2. The topological polar surface area (TPSA) is 44.2 Å². The van der Waals surface area contributed by atoms with Gasteiger partial charge in [-0.3, -0.25) is 0 Å². The summed E-state index contributed by atoms with van der Waals surface area (Å²) in [4.78, 5) is 7.34. The first-order valence-corrected chi connectivity index (χ1v) is 5.32. The van der Waals surface area contributed by atoms with Crippen LogP contribution in [0.5, 0.6) is 17.4 Å². The Hall–Kier alpha value is -2.02. The van der Waals surface area contributed by atoms with Crippen molar-refractivity contribution < 1.29 is 22.6 Å². The maximum Gasteiger partial charge on any atom is 0.573 e. The van der Waals surface area contributed by atoms with Crippen molar-refractivity contribution in [2.45, 2.75) is 6.36 Å². The molecule has 0 amide bonds. The van der Waals surface area contributed by atoms with Crippen molar-refractivity contribution in [3.8, 4) is 17.4 Å². The van der Waals surface area contributed by atoms with Crippen LogP contribution in [0, 0.1) is 0 Å². The van der Waals surface area contributed by atoms with Gasteiger partial charge in [-0.2, -0.15) is 0 Å². The van der Waals surface area contributed by atoms with E-state index in [0.29, 0.717) is 0 Å². The van der Waals surface area contributed by atoms with Gasteiger partial charge in [0.1, 0.15) is 11.5 Å². The molecule has 1 aromatic carbocycles. The van der Waals surface area contributed by atoms with Crippen molar-refractivity contribution in [3.63, 3.8) is 0 Å². The first-order chi connectivity index (χ1) is 8.94. The van der Waals surface area contributed by atoms with Gasteiger partial charge in [-0.1, -0.05) is 23.7 Å². The summed E-state index contributed by atoms with van der Waals surface area (Å²) in [5.74, 6) is -0.586. The summed E-state index contributed by atoms with van der Waals surface area (Å²) in [5.41, 5.74) is 0. The molecule has 0 fully saturated rings. The van der Waals surface area contributed by atoms with Crippen LogP contribution in [0.25, 0.3) is 0 Å². The van der Waals surface area contributed by atoms with E-state index in [-0.39, 0.29) is 16.8 Å². The summed E-state index contributed by atoms with van der Waals surface area (Å²) in [6.07, 6.45) is -3.67. The largest absolute Gasteiger partial charge is 0.573 e. The average Bonchev–Trinajstić information content (AvgIpc) is 2.30. The van der Waals surface area contributed by atoms with Gasteiger partial charge in [-0.15, -0.1) is 13.2 Å². The number of hydrogen-bond donors (Lipinski definition) is 0. The van der Waals surface area contributed by atoms with Crippen molar-refractivity contribution >= 4 is 11.6 Å². The zero-order valence-corrected chi connectivity index (χ0v) is 9.94. The molecule has 19 heavy (non-hydrogen) atoms. The fraction of sp³-hybridized carbons (Fsp3) is 0.0909. The molecule has 0 spiro atoms. The van der Waals surface area contributed by atoms with Crippen LogP contribution < -0.4 is 9.47 Å². The molecule has 0 N–H and O–H groups in total. The Kier molecular flexibility index (Phi) is 3.75. The summed E-state index contributed by atoms with van der Waals surface area (Å²) in [7, 11) is 0. The lowest BCUT2D eigenvalue weighted by molar-refractivity contribution is -0.275. The van der Waals surface area contributed by atoms with Crippen molar-refractivity contribution in [3.05, 3.63) is 41.8 Å². The Morgan fingerprint density at radius 1 is 1.05 bits per heavy atom. The molecular weight excluding hydrogens is 285 g/mol. The molecule has 0 bridgehead atoms. The molecule has 0 aliphatic heterocycles. The average molecular weight is 291 g/mol. The monoisotopic (exact) mass is 290 g/mol. The predicted molar refractivity (Wildman–Crippen MR) is 60.2 cm³/mol. The zero-order valence-electron chi connectivity index (χ0n) is 9.19. The Balaban J connectivity index is 2.25. The number of para-hydroxylation sites is 2. The second-order valence-corrected chi connectivity index (χ2v) is 3.66. The minimum absolute atomic E-state index is 0.0122. The molecule has 0 atom stereocenters. The first kappa shape index (κ1) is 13.4. The zero-order chi connectivity index (χ0) is 13.9. The molecule has 0 aliphatic rings. The Bertz CT molecular complexity index is 578. The molecule has 8 heteroatoms. The first-order valence-electron chi connectivity index (χ1n) is 4.94. The fourth-order valence-corrected chi connectivity index (χ4v) is 1.37. The molecule has 0 radical (unpaired) electrons. The van der Waals surface area contributed by atoms with Gasteiger partial charge in [0.2, 0.25) is 5.88 Å². The second-order valence-electron chi connectivity index (χ2n) is 3.28. The molecule has 4 nitrogen and oxygen atoms in total. The van der Waals surface area contributed by atoms with E-state index in [1.54, 1.807) is 0 Å². The number of ether oxygens (including phenoxy) is 2. The lowest BCUT2D eigenvalue weighted by atomic mass is 10.3. The molecule has 2 rings (SSSR count). The van der Waals surface area contributed by atoms with E-state index in [9.17, 15) is 13.2 Å². The smallest absolute Gasteiger partial charge is 0.435 e. The third kappa shape index (κ3) is 3.99. The van der Waals surface area contributed by atoms with Gasteiger partial charge >= 0.3 is 6.36 Å². The molecule has 1 aromatic heterocycles. The molecule has 2 aromatic rings. The van der Waals surface area contributed by atoms with Crippen LogP contribution in [0.1, 0.15) is 0 Å². The summed E-state index contributed by atoms with van der Waals surface area (Å²) >= 11 is 5.61. The Labute approximate surface area is 110 Å². The molecular formula is C11H6ClF3N2O2. The standard InChI is InChI=1S/C11H6ClF3N2O2/c12-9-5-10(17-6-16-9)18-7-3-1-2-4-8(7)19-11(13,14)15/h1-6H. The number of rotatable bonds is 3. The van der Waals surface area contributed by atoms with Crippen LogP contribution in [0.2, 0.25) is 5.15 Å². The van der Waals surface area contributed by atoms with Crippen LogP contribution in [0.4, 0.5) is 13.2 Å². The number of aromatic nitrogens is 2. The van der Waals surface area contributed by atoms with Crippen molar-refractivity contribution in [2.24, 2.45) is 0 Å². The van der Waals surface area contributed by atoms with Gasteiger partial charge in [0.25, 0.3) is 0 Å². The Morgan fingerprint density at radius 3 is 2.37 bits per heavy atom. The number of benzene rings is 1. The quantitative estimate of drug-likeness (QED) is 0.806. The van der Waals surface area contributed by atoms with E-state index in [0.717, 1.165) is 12.4 Å². The number of alkyl halides is 3. The predicted octanol–water partition coefficient (Wildman–Crippen LogP) is 3.82. The van der Waals surface area contributed by atoms with Crippen molar-refractivity contribution in [2.75, 3.05) is 0 Å². The SMILES string of the molecule is FC(F)(F)Oc1ccccc1Oc1cc(Cl)ncn1. The van der Waals surface area contributed by atoms with E-state index in [2.05, 4.69) is 14.7 Å². The van der Waals surface area contributed by atoms with E-state index in [1.807, 2.05) is 0 Å². The highest BCUT2D eigenvalue weighted by Crippen LogP contribution is 2.34. The second kappa shape index (κ2) is 5.31. The van der Waals surface area contributed by atoms with Gasteiger partial charge in [-0.25, -0.2) is 9.97 Å². The van der Waals surface area contributed by atoms with Crippen molar-refractivity contribution in [1.82, 2.24) is 9.97 Å². The van der Waals surface area contributed by atoms with Gasteiger partial charge in [0.15, 0.2) is 11.5 Å². The van der Waals surface area contributed by atoms with Crippen molar-refractivity contribution in [1.29, 1.82) is 0 Å².